The van der Waals surface area contributed by atoms with E-state index >= 15 is 0 Å². The Morgan fingerprint density at radius 2 is 2.17 bits per heavy atom. The Kier molecular flexibility index (Phi) is 4.17. The van der Waals surface area contributed by atoms with Crippen LogP contribution in [0.4, 0.5) is 6.01 Å². The average Bonchev–Trinajstić information content (AvgIpc) is 3.14. The minimum absolute atomic E-state index is 0.0321. The summed E-state index contributed by atoms with van der Waals surface area (Å²) in [4.78, 5) is 18.3. The minimum Gasteiger partial charge on any atom is -0.497 e. The smallest absolute Gasteiger partial charge is 0.322 e. The summed E-state index contributed by atoms with van der Waals surface area (Å²) in [6.45, 7) is 6.71. The Morgan fingerprint density at radius 3 is 2.83 bits per heavy atom. The molecule has 24 heavy (non-hydrogen) atoms. The second kappa shape index (κ2) is 6.14. The number of nitrogens with one attached hydrogen (secondary N) is 1. The van der Waals surface area contributed by atoms with E-state index in [-0.39, 0.29) is 17.5 Å². The monoisotopic (exact) mass is 330 g/mol. The molecule has 3 rings (SSSR count). The molecule has 0 bridgehead atoms. The number of methoxy groups -OCH3 is 1. The molecular formula is C17H22N4O3. The van der Waals surface area contributed by atoms with Crippen LogP contribution in [-0.2, 0) is 4.79 Å². The summed E-state index contributed by atoms with van der Waals surface area (Å²) >= 11 is 0. The van der Waals surface area contributed by atoms with Gasteiger partial charge in [0.25, 0.3) is 0 Å². The van der Waals surface area contributed by atoms with Gasteiger partial charge in [-0.2, -0.15) is 4.98 Å². The Labute approximate surface area is 141 Å². The molecule has 1 amide bonds. The van der Waals surface area contributed by atoms with Crippen molar-refractivity contribution in [1.82, 2.24) is 15.0 Å². The molecule has 1 aromatic heterocycles. The van der Waals surface area contributed by atoms with Gasteiger partial charge in [-0.3, -0.25) is 4.79 Å². The highest BCUT2D eigenvalue weighted by molar-refractivity contribution is 5.80. The molecule has 1 atom stereocenters. The zero-order valence-electron chi connectivity index (χ0n) is 14.4. The van der Waals surface area contributed by atoms with Crippen LogP contribution in [0, 0.1) is 0 Å². The lowest BCUT2D eigenvalue weighted by atomic mass is 10.1. The van der Waals surface area contributed by atoms with E-state index in [9.17, 15) is 4.79 Å². The number of hydrogen-bond donors (Lipinski definition) is 1. The van der Waals surface area contributed by atoms with Crippen LogP contribution in [-0.4, -0.2) is 46.2 Å². The van der Waals surface area contributed by atoms with Gasteiger partial charge in [0, 0.05) is 24.1 Å². The Morgan fingerprint density at radius 1 is 1.38 bits per heavy atom. The fourth-order valence-electron chi connectivity index (χ4n) is 2.79. The predicted molar refractivity (Wildman–Crippen MR) is 89.8 cm³/mol. The summed E-state index contributed by atoms with van der Waals surface area (Å²) in [7, 11) is 1.61. The van der Waals surface area contributed by atoms with Crippen LogP contribution in [0.3, 0.4) is 0 Å². The van der Waals surface area contributed by atoms with Gasteiger partial charge in [0.1, 0.15) is 5.75 Å². The third kappa shape index (κ3) is 3.34. The maximum Gasteiger partial charge on any atom is 0.322 e. The molecule has 0 saturated carbocycles. The number of amides is 1. The summed E-state index contributed by atoms with van der Waals surface area (Å²) in [5, 5.41) is 7.15. The third-order valence-corrected chi connectivity index (χ3v) is 4.02. The lowest BCUT2D eigenvalue weighted by Crippen LogP contribution is -2.43. The van der Waals surface area contributed by atoms with Crippen LogP contribution in [0.2, 0.25) is 0 Å². The van der Waals surface area contributed by atoms with Crippen molar-refractivity contribution >= 4 is 11.9 Å². The van der Waals surface area contributed by atoms with Crippen molar-refractivity contribution in [3.63, 3.8) is 0 Å². The summed E-state index contributed by atoms with van der Waals surface area (Å²) in [5.74, 6) is 1.34. The molecule has 7 heteroatoms. The van der Waals surface area contributed by atoms with Gasteiger partial charge in [0.05, 0.1) is 13.2 Å². The lowest BCUT2D eigenvalue weighted by molar-refractivity contribution is -0.131. The normalized spacial score (nSPS) is 18.1. The molecule has 0 spiro atoms. The van der Waals surface area contributed by atoms with E-state index in [4.69, 9.17) is 9.26 Å². The van der Waals surface area contributed by atoms with Crippen molar-refractivity contribution in [3.05, 3.63) is 24.3 Å². The fraction of sp³-hybridized carbons (Fsp3) is 0.471. The molecule has 1 N–H and O–H groups in total. The second-order valence-electron chi connectivity index (χ2n) is 6.88. The van der Waals surface area contributed by atoms with Crippen molar-refractivity contribution < 1.29 is 14.1 Å². The highest BCUT2D eigenvalue weighted by Gasteiger charge is 2.36. The second-order valence-corrected chi connectivity index (χ2v) is 6.88. The zero-order valence-corrected chi connectivity index (χ0v) is 14.4. The van der Waals surface area contributed by atoms with Gasteiger partial charge in [-0.25, -0.2) is 0 Å². The first-order valence-corrected chi connectivity index (χ1v) is 7.92. The van der Waals surface area contributed by atoms with Crippen molar-refractivity contribution in [2.24, 2.45) is 0 Å². The first-order chi connectivity index (χ1) is 11.4. The Bertz CT molecular complexity index is 735. The predicted octanol–water partition coefficient (Wildman–Crippen LogP) is 2.56. The maximum absolute atomic E-state index is 12.1. The molecule has 7 nitrogen and oxygen atoms in total. The van der Waals surface area contributed by atoms with Crippen LogP contribution in [0.1, 0.15) is 27.2 Å². The first-order valence-electron chi connectivity index (χ1n) is 7.92. The fourth-order valence-corrected chi connectivity index (χ4v) is 2.79. The van der Waals surface area contributed by atoms with Gasteiger partial charge < -0.3 is 19.5 Å². The molecule has 2 aromatic rings. The van der Waals surface area contributed by atoms with Crippen LogP contribution in [0.25, 0.3) is 11.4 Å². The Balaban J connectivity index is 1.70. The first kappa shape index (κ1) is 16.3. The molecule has 1 aromatic carbocycles. The molecule has 2 heterocycles. The van der Waals surface area contributed by atoms with Crippen molar-refractivity contribution in [2.75, 3.05) is 19.0 Å². The average molecular weight is 330 g/mol. The van der Waals surface area contributed by atoms with Gasteiger partial charge in [-0.05, 0) is 32.9 Å². The standard InChI is InChI=1S/C17H22N4O3/c1-17(2,3)21-10-12(9-14(21)22)18-16-19-15(20-24-16)11-6-5-7-13(8-11)23-4/h5-8,12H,9-10H2,1-4H3,(H,18,19,20). The van der Waals surface area contributed by atoms with Gasteiger partial charge in [0.2, 0.25) is 11.7 Å². The van der Waals surface area contributed by atoms with Crippen LogP contribution < -0.4 is 10.1 Å². The molecule has 1 saturated heterocycles. The number of rotatable bonds is 4. The van der Waals surface area contributed by atoms with Crippen LogP contribution >= 0.6 is 0 Å². The highest BCUT2D eigenvalue weighted by Crippen LogP contribution is 2.25. The third-order valence-electron chi connectivity index (χ3n) is 4.02. The van der Waals surface area contributed by atoms with Gasteiger partial charge in [0.15, 0.2) is 0 Å². The van der Waals surface area contributed by atoms with E-state index in [1.165, 1.54) is 0 Å². The van der Waals surface area contributed by atoms with E-state index in [2.05, 4.69) is 15.5 Å². The minimum atomic E-state index is -0.186. The van der Waals surface area contributed by atoms with Crippen LogP contribution in [0.5, 0.6) is 5.75 Å². The van der Waals surface area contributed by atoms with Crippen molar-refractivity contribution in [2.45, 2.75) is 38.8 Å². The molecule has 1 unspecified atom stereocenters. The summed E-state index contributed by atoms with van der Waals surface area (Å²) < 4.78 is 10.5. The molecule has 1 aliphatic heterocycles. The molecular weight excluding hydrogens is 308 g/mol. The van der Waals surface area contributed by atoms with Gasteiger partial charge >= 0.3 is 6.01 Å². The molecule has 0 aliphatic carbocycles. The number of hydrogen-bond acceptors (Lipinski definition) is 6. The quantitative estimate of drug-likeness (QED) is 0.928. The van der Waals surface area contributed by atoms with Crippen molar-refractivity contribution in [1.29, 1.82) is 0 Å². The van der Waals surface area contributed by atoms with E-state index < -0.39 is 0 Å². The lowest BCUT2D eigenvalue weighted by Gasteiger charge is -2.31. The molecule has 128 valence electrons. The Hall–Kier alpha value is -2.57. The number of anilines is 1. The zero-order chi connectivity index (χ0) is 17.3. The summed E-state index contributed by atoms with van der Waals surface area (Å²) in [6, 6.07) is 7.74. The summed E-state index contributed by atoms with van der Waals surface area (Å²) in [6.07, 6.45) is 0.425. The van der Waals surface area contributed by atoms with Gasteiger partial charge in [-0.1, -0.05) is 17.3 Å². The topological polar surface area (TPSA) is 80.5 Å². The largest absolute Gasteiger partial charge is 0.497 e. The maximum atomic E-state index is 12.1. The number of carbonyl (C=O) groups is 1. The number of aromatic nitrogens is 2. The van der Waals surface area contributed by atoms with E-state index in [1.54, 1.807) is 7.11 Å². The molecule has 1 aliphatic rings. The highest BCUT2D eigenvalue weighted by atomic mass is 16.5. The number of nitrogens with zero attached hydrogens (tertiary/aromatic N) is 3. The van der Waals surface area contributed by atoms with Crippen molar-refractivity contribution in [3.8, 4) is 17.1 Å². The molecule has 1 fully saturated rings. The number of likely N-dealkylation sites (tertiary alicyclic amines) is 1. The van der Waals surface area contributed by atoms with E-state index in [0.717, 1.165) is 11.3 Å². The number of carbonyl (C=O) groups excluding carboxylic acids is 1. The van der Waals surface area contributed by atoms with Crippen LogP contribution in [0.15, 0.2) is 28.8 Å². The number of benzene rings is 1. The van der Waals surface area contributed by atoms with Gasteiger partial charge in [-0.15, -0.1) is 0 Å². The SMILES string of the molecule is COc1cccc(-c2noc(NC3CC(=O)N(C(C)(C)C)C3)n2)c1. The number of ether oxygens (including phenoxy) is 1. The molecule has 0 radical (unpaired) electrons. The summed E-state index contributed by atoms with van der Waals surface area (Å²) in [5.41, 5.74) is 0.624. The van der Waals surface area contributed by atoms with E-state index in [1.807, 2.05) is 49.9 Å². The van der Waals surface area contributed by atoms with E-state index in [0.29, 0.717) is 24.8 Å².